The molecule has 4 rings (SSSR count). The van der Waals surface area contributed by atoms with Gasteiger partial charge in [-0.15, -0.1) is 23.1 Å². The zero-order valence-electron chi connectivity index (χ0n) is 15.6. The van der Waals surface area contributed by atoms with E-state index in [0.717, 1.165) is 22.4 Å². The number of carbonyl (C=O) groups excluding carboxylic acids is 1. The smallest absolute Gasteiger partial charge is 0.253 e. The SMILES string of the molecule is O=C(CSc1nc2[nH]c(=O)cc(O)c2s1)Nc1ccccc1SCc1ccccc1. The van der Waals surface area contributed by atoms with E-state index in [1.807, 2.05) is 42.5 Å². The minimum absolute atomic E-state index is 0.105. The predicted octanol–water partition coefficient (Wildman–Crippen LogP) is 4.71. The Morgan fingerprint density at radius 3 is 2.70 bits per heavy atom. The molecule has 0 fully saturated rings. The van der Waals surface area contributed by atoms with E-state index < -0.39 is 5.56 Å². The monoisotopic (exact) mass is 455 g/mol. The molecule has 9 heteroatoms. The Bertz CT molecular complexity index is 1240. The highest BCUT2D eigenvalue weighted by atomic mass is 32.2. The molecule has 30 heavy (non-hydrogen) atoms. The molecule has 2 aromatic heterocycles. The van der Waals surface area contributed by atoms with Crippen LogP contribution < -0.4 is 10.9 Å². The highest BCUT2D eigenvalue weighted by Gasteiger charge is 2.13. The summed E-state index contributed by atoms with van der Waals surface area (Å²) in [5, 5.41) is 12.8. The van der Waals surface area contributed by atoms with Crippen molar-refractivity contribution in [3.05, 3.63) is 76.6 Å². The molecule has 2 heterocycles. The van der Waals surface area contributed by atoms with Crippen molar-refractivity contribution >= 4 is 56.8 Å². The lowest BCUT2D eigenvalue weighted by molar-refractivity contribution is -0.113. The molecule has 0 atom stereocenters. The van der Waals surface area contributed by atoms with Crippen molar-refractivity contribution in [3.63, 3.8) is 0 Å². The number of aromatic nitrogens is 2. The fourth-order valence-corrected chi connectivity index (χ4v) is 5.49. The molecule has 0 saturated heterocycles. The number of aromatic amines is 1. The van der Waals surface area contributed by atoms with Crippen molar-refractivity contribution in [3.8, 4) is 5.75 Å². The second-order valence-electron chi connectivity index (χ2n) is 6.28. The van der Waals surface area contributed by atoms with Crippen LogP contribution in [-0.2, 0) is 10.5 Å². The molecule has 2 aromatic carbocycles. The van der Waals surface area contributed by atoms with Crippen LogP contribution in [0.25, 0.3) is 10.3 Å². The van der Waals surface area contributed by atoms with E-state index >= 15 is 0 Å². The molecule has 4 aromatic rings. The maximum Gasteiger partial charge on any atom is 0.253 e. The molecule has 0 aliphatic carbocycles. The zero-order valence-corrected chi connectivity index (χ0v) is 18.1. The van der Waals surface area contributed by atoms with Gasteiger partial charge in [0.05, 0.1) is 11.4 Å². The largest absolute Gasteiger partial charge is 0.506 e. The summed E-state index contributed by atoms with van der Waals surface area (Å²) in [5.41, 5.74) is 1.91. The lowest BCUT2D eigenvalue weighted by Crippen LogP contribution is -2.14. The summed E-state index contributed by atoms with van der Waals surface area (Å²) in [4.78, 5) is 31.8. The van der Waals surface area contributed by atoms with Gasteiger partial charge in [0.1, 0.15) is 10.4 Å². The Kier molecular flexibility index (Phi) is 6.41. The number of fused-ring (bicyclic) bond motifs is 1. The van der Waals surface area contributed by atoms with Gasteiger partial charge in [-0.25, -0.2) is 4.98 Å². The van der Waals surface area contributed by atoms with Gasteiger partial charge in [0.15, 0.2) is 9.99 Å². The number of thioether (sulfide) groups is 2. The second kappa shape index (κ2) is 9.38. The maximum absolute atomic E-state index is 12.5. The standard InChI is InChI=1S/C21H17N3O3S3/c25-15-10-17(26)23-20-19(15)30-21(24-20)29-12-18(27)22-14-8-4-5-9-16(14)28-11-13-6-2-1-3-7-13/h1-10H,11-12H2,(H,22,27)(H2,23,25,26). The Morgan fingerprint density at radius 2 is 1.87 bits per heavy atom. The highest BCUT2D eigenvalue weighted by molar-refractivity contribution is 8.01. The van der Waals surface area contributed by atoms with E-state index in [2.05, 4.69) is 27.4 Å². The summed E-state index contributed by atoms with van der Waals surface area (Å²) < 4.78 is 1.10. The molecule has 0 spiro atoms. The van der Waals surface area contributed by atoms with Crippen LogP contribution in [0.15, 0.2) is 74.7 Å². The first-order valence-corrected chi connectivity index (χ1v) is 11.8. The molecular formula is C21H17N3O3S3. The van der Waals surface area contributed by atoms with Crippen LogP contribution >= 0.6 is 34.9 Å². The van der Waals surface area contributed by atoms with Crippen molar-refractivity contribution < 1.29 is 9.90 Å². The lowest BCUT2D eigenvalue weighted by Gasteiger charge is -2.10. The number of hydrogen-bond donors (Lipinski definition) is 3. The Labute approximate surface area is 184 Å². The van der Waals surface area contributed by atoms with Crippen molar-refractivity contribution in [1.82, 2.24) is 9.97 Å². The third kappa shape index (κ3) is 5.05. The number of aromatic hydroxyl groups is 1. The first-order valence-electron chi connectivity index (χ1n) is 9.00. The van der Waals surface area contributed by atoms with Crippen LogP contribution in [0.2, 0.25) is 0 Å². The first kappa shape index (κ1) is 20.5. The fraction of sp³-hybridized carbons (Fsp3) is 0.0952. The molecule has 1 amide bonds. The quantitative estimate of drug-likeness (QED) is 0.349. The van der Waals surface area contributed by atoms with Gasteiger partial charge >= 0.3 is 0 Å². The third-order valence-corrected chi connectivity index (χ3v) is 7.44. The normalized spacial score (nSPS) is 10.9. The number of pyridine rings is 1. The Balaban J connectivity index is 1.38. The van der Waals surface area contributed by atoms with Gasteiger partial charge in [0.25, 0.3) is 5.56 Å². The molecule has 0 aliphatic heterocycles. The topological polar surface area (TPSA) is 95.1 Å². The molecular weight excluding hydrogens is 438 g/mol. The van der Waals surface area contributed by atoms with Crippen molar-refractivity contribution in [2.24, 2.45) is 0 Å². The van der Waals surface area contributed by atoms with Gasteiger partial charge in [-0.3, -0.25) is 9.59 Å². The van der Waals surface area contributed by atoms with Crippen molar-refractivity contribution in [2.75, 3.05) is 11.1 Å². The van der Waals surface area contributed by atoms with Gasteiger partial charge in [0.2, 0.25) is 5.91 Å². The molecule has 0 bridgehead atoms. The van der Waals surface area contributed by atoms with Gasteiger partial charge in [-0.2, -0.15) is 0 Å². The number of benzene rings is 2. The number of para-hydroxylation sites is 1. The molecule has 0 radical (unpaired) electrons. The van der Waals surface area contributed by atoms with Crippen molar-refractivity contribution in [2.45, 2.75) is 15.0 Å². The number of carbonyl (C=O) groups is 1. The summed E-state index contributed by atoms with van der Waals surface area (Å²) in [6.07, 6.45) is 0. The van der Waals surface area contributed by atoms with E-state index in [1.165, 1.54) is 28.7 Å². The molecule has 152 valence electrons. The van der Waals surface area contributed by atoms with Crippen LogP contribution in [-0.4, -0.2) is 26.7 Å². The highest BCUT2D eigenvalue weighted by Crippen LogP contribution is 2.33. The number of H-pyrrole nitrogens is 1. The van der Waals surface area contributed by atoms with Crippen LogP contribution in [0.1, 0.15) is 5.56 Å². The minimum atomic E-state index is -0.413. The first-order chi connectivity index (χ1) is 14.6. The van der Waals surface area contributed by atoms with Gasteiger partial charge in [-0.1, -0.05) is 54.2 Å². The maximum atomic E-state index is 12.5. The number of amides is 1. The Morgan fingerprint density at radius 1 is 1.10 bits per heavy atom. The predicted molar refractivity (Wildman–Crippen MR) is 124 cm³/mol. The average Bonchev–Trinajstić information content (AvgIpc) is 3.16. The van der Waals surface area contributed by atoms with Gasteiger partial charge in [-0.05, 0) is 17.7 Å². The summed E-state index contributed by atoms with van der Waals surface area (Å²) in [7, 11) is 0. The molecule has 0 saturated carbocycles. The van der Waals surface area contributed by atoms with Crippen molar-refractivity contribution in [1.29, 1.82) is 0 Å². The zero-order chi connectivity index (χ0) is 20.9. The minimum Gasteiger partial charge on any atom is -0.506 e. The number of hydrogen-bond acceptors (Lipinski definition) is 7. The molecule has 6 nitrogen and oxygen atoms in total. The summed E-state index contributed by atoms with van der Waals surface area (Å²) in [6.45, 7) is 0. The molecule has 0 aliphatic rings. The summed E-state index contributed by atoms with van der Waals surface area (Å²) in [6, 6.07) is 19.0. The number of nitrogens with one attached hydrogen (secondary N) is 2. The lowest BCUT2D eigenvalue weighted by atomic mass is 10.2. The van der Waals surface area contributed by atoms with E-state index in [0.29, 0.717) is 14.7 Å². The number of thiazole rings is 1. The van der Waals surface area contributed by atoms with Gasteiger partial charge in [0, 0.05) is 16.7 Å². The fourth-order valence-electron chi connectivity index (χ4n) is 2.71. The number of rotatable bonds is 7. The van der Waals surface area contributed by atoms with Crippen LogP contribution in [0.4, 0.5) is 5.69 Å². The van der Waals surface area contributed by atoms with E-state index in [9.17, 15) is 14.7 Å². The summed E-state index contributed by atoms with van der Waals surface area (Å²) in [5.74, 6) is 0.731. The second-order valence-corrected chi connectivity index (χ2v) is 9.52. The van der Waals surface area contributed by atoms with E-state index in [1.54, 1.807) is 11.8 Å². The third-order valence-electron chi connectivity index (χ3n) is 4.07. The van der Waals surface area contributed by atoms with E-state index in [-0.39, 0.29) is 17.4 Å². The molecule has 0 unspecified atom stereocenters. The van der Waals surface area contributed by atoms with E-state index in [4.69, 9.17) is 0 Å². The summed E-state index contributed by atoms with van der Waals surface area (Å²) >= 11 is 4.17. The van der Waals surface area contributed by atoms with Gasteiger partial charge < -0.3 is 15.4 Å². The number of anilines is 1. The van der Waals surface area contributed by atoms with Crippen LogP contribution in [0.5, 0.6) is 5.75 Å². The average molecular weight is 456 g/mol. The van der Waals surface area contributed by atoms with Crippen LogP contribution in [0.3, 0.4) is 0 Å². The Hall–Kier alpha value is -2.75. The number of nitrogens with zero attached hydrogens (tertiary/aromatic N) is 1. The molecule has 3 N–H and O–H groups in total. The van der Waals surface area contributed by atoms with Crippen LogP contribution in [0, 0.1) is 0 Å².